The lowest BCUT2D eigenvalue weighted by molar-refractivity contribution is 0.154. The fourth-order valence-electron chi connectivity index (χ4n) is 3.58. The van der Waals surface area contributed by atoms with Crippen LogP contribution >= 0.6 is 0 Å². The Morgan fingerprint density at radius 1 is 1.24 bits per heavy atom. The van der Waals surface area contributed by atoms with E-state index < -0.39 is 0 Å². The first-order chi connectivity index (χ1) is 8.24. The molecule has 3 unspecified atom stereocenters. The van der Waals surface area contributed by atoms with Gasteiger partial charge in [0, 0.05) is 31.2 Å². The van der Waals surface area contributed by atoms with Crippen molar-refractivity contribution in [2.45, 2.75) is 58.2 Å². The monoisotopic (exact) mass is 239 g/mol. The van der Waals surface area contributed by atoms with Gasteiger partial charge in [-0.25, -0.2) is 0 Å². The molecule has 0 amide bonds. The second-order valence-corrected chi connectivity index (χ2v) is 5.69. The Morgan fingerprint density at radius 2 is 2.00 bits per heavy atom. The maximum Gasteiger partial charge on any atom is 0.0235 e. The van der Waals surface area contributed by atoms with Crippen molar-refractivity contribution in [3.8, 4) is 0 Å². The number of piperidine rings is 1. The van der Waals surface area contributed by atoms with Gasteiger partial charge in [0.05, 0.1) is 0 Å². The van der Waals surface area contributed by atoms with Crippen LogP contribution in [0.15, 0.2) is 0 Å². The van der Waals surface area contributed by atoms with E-state index in [-0.39, 0.29) is 0 Å². The third-order valence-electron chi connectivity index (χ3n) is 4.64. The molecule has 2 aliphatic heterocycles. The van der Waals surface area contributed by atoms with Crippen molar-refractivity contribution in [2.75, 3.05) is 32.7 Å². The van der Waals surface area contributed by atoms with Crippen LogP contribution in [-0.2, 0) is 0 Å². The summed E-state index contributed by atoms with van der Waals surface area (Å²) < 4.78 is 0. The summed E-state index contributed by atoms with van der Waals surface area (Å²) in [5, 5.41) is 3.55. The van der Waals surface area contributed by atoms with Crippen LogP contribution in [-0.4, -0.2) is 60.6 Å². The van der Waals surface area contributed by atoms with E-state index in [2.05, 4.69) is 35.9 Å². The molecule has 0 bridgehead atoms. The molecule has 0 aliphatic carbocycles. The average molecular weight is 239 g/mol. The van der Waals surface area contributed by atoms with Crippen molar-refractivity contribution in [1.29, 1.82) is 0 Å². The van der Waals surface area contributed by atoms with Gasteiger partial charge in [0.25, 0.3) is 0 Å². The molecule has 0 aromatic heterocycles. The highest BCUT2D eigenvalue weighted by molar-refractivity contribution is 4.90. The number of nitrogens with zero attached hydrogens (tertiary/aromatic N) is 2. The zero-order chi connectivity index (χ0) is 12.3. The first-order valence-electron chi connectivity index (χ1n) is 7.46. The van der Waals surface area contributed by atoms with Crippen LogP contribution < -0.4 is 5.32 Å². The Hall–Kier alpha value is -0.120. The molecule has 2 fully saturated rings. The molecule has 3 heteroatoms. The van der Waals surface area contributed by atoms with Crippen LogP contribution in [0.1, 0.15) is 40.0 Å². The molecule has 2 aliphatic rings. The Bertz CT molecular complexity index is 228. The van der Waals surface area contributed by atoms with Gasteiger partial charge in [-0.2, -0.15) is 0 Å². The van der Waals surface area contributed by atoms with Gasteiger partial charge < -0.3 is 5.32 Å². The summed E-state index contributed by atoms with van der Waals surface area (Å²) >= 11 is 0. The number of nitrogens with one attached hydrogen (secondary N) is 1. The Labute approximate surface area is 107 Å². The van der Waals surface area contributed by atoms with Gasteiger partial charge in [0.1, 0.15) is 0 Å². The minimum atomic E-state index is 0.709. The van der Waals surface area contributed by atoms with E-state index in [9.17, 15) is 0 Å². The van der Waals surface area contributed by atoms with Gasteiger partial charge in [0.2, 0.25) is 0 Å². The normalized spacial score (nSPS) is 35.6. The molecule has 3 nitrogen and oxygen atoms in total. The quantitative estimate of drug-likeness (QED) is 0.803. The van der Waals surface area contributed by atoms with Gasteiger partial charge in [-0.3, -0.25) is 9.80 Å². The van der Waals surface area contributed by atoms with E-state index >= 15 is 0 Å². The molecule has 0 radical (unpaired) electrons. The van der Waals surface area contributed by atoms with Crippen molar-refractivity contribution >= 4 is 0 Å². The maximum atomic E-state index is 3.55. The molecule has 2 heterocycles. The first kappa shape index (κ1) is 13.3. The Kier molecular flexibility index (Phi) is 4.83. The van der Waals surface area contributed by atoms with Crippen LogP contribution in [0.5, 0.6) is 0 Å². The van der Waals surface area contributed by atoms with E-state index in [4.69, 9.17) is 0 Å². The van der Waals surface area contributed by atoms with Crippen molar-refractivity contribution in [3.05, 3.63) is 0 Å². The van der Waals surface area contributed by atoms with Crippen LogP contribution in [0.4, 0.5) is 0 Å². The summed E-state index contributed by atoms with van der Waals surface area (Å²) in [5.74, 6) is 0. The lowest BCUT2D eigenvalue weighted by Gasteiger charge is -2.35. The summed E-state index contributed by atoms with van der Waals surface area (Å²) in [4.78, 5) is 5.38. The molecule has 3 atom stereocenters. The fraction of sp³-hybridized carbons (Fsp3) is 1.00. The highest BCUT2D eigenvalue weighted by Gasteiger charge is 2.32. The summed E-state index contributed by atoms with van der Waals surface area (Å²) in [7, 11) is 0. The highest BCUT2D eigenvalue weighted by Crippen LogP contribution is 2.23. The van der Waals surface area contributed by atoms with Gasteiger partial charge in [-0.1, -0.05) is 13.8 Å². The minimum absolute atomic E-state index is 0.709. The summed E-state index contributed by atoms with van der Waals surface area (Å²) in [6.07, 6.45) is 4.06. The lowest BCUT2D eigenvalue weighted by Crippen LogP contribution is -2.47. The van der Waals surface area contributed by atoms with E-state index in [1.807, 2.05) is 0 Å². The van der Waals surface area contributed by atoms with E-state index in [1.165, 1.54) is 52.0 Å². The number of hydrogen-bond acceptors (Lipinski definition) is 3. The Morgan fingerprint density at radius 3 is 2.65 bits per heavy atom. The molecule has 0 aromatic rings. The van der Waals surface area contributed by atoms with E-state index in [0.717, 1.165) is 12.1 Å². The fourth-order valence-corrected chi connectivity index (χ4v) is 3.58. The SMILES string of the molecule is CCN(CC)C1CCN(C2CCNC(C)C2)C1. The van der Waals surface area contributed by atoms with Gasteiger partial charge in [0.15, 0.2) is 0 Å². The van der Waals surface area contributed by atoms with Crippen molar-refractivity contribution in [2.24, 2.45) is 0 Å². The summed E-state index contributed by atoms with van der Waals surface area (Å²) in [6.45, 7) is 13.1. The van der Waals surface area contributed by atoms with E-state index in [0.29, 0.717) is 6.04 Å². The predicted octanol–water partition coefficient (Wildman–Crippen LogP) is 1.54. The molecule has 0 spiro atoms. The number of likely N-dealkylation sites (N-methyl/N-ethyl adjacent to an activating group) is 1. The largest absolute Gasteiger partial charge is 0.314 e. The minimum Gasteiger partial charge on any atom is -0.314 e. The first-order valence-corrected chi connectivity index (χ1v) is 7.46. The highest BCUT2D eigenvalue weighted by atomic mass is 15.3. The molecular weight excluding hydrogens is 210 g/mol. The number of rotatable bonds is 4. The second-order valence-electron chi connectivity index (χ2n) is 5.69. The molecule has 2 rings (SSSR count). The predicted molar refractivity (Wildman–Crippen MR) is 73.4 cm³/mol. The van der Waals surface area contributed by atoms with Crippen LogP contribution in [0, 0.1) is 0 Å². The molecule has 0 aromatic carbocycles. The number of hydrogen-bond donors (Lipinski definition) is 1. The van der Waals surface area contributed by atoms with Crippen molar-refractivity contribution in [1.82, 2.24) is 15.1 Å². The standard InChI is InChI=1S/C14H29N3/c1-4-16(5-2)14-7-9-17(11-14)13-6-8-15-12(3)10-13/h12-15H,4-11H2,1-3H3. The molecule has 2 saturated heterocycles. The van der Waals surface area contributed by atoms with Crippen molar-refractivity contribution < 1.29 is 0 Å². The molecule has 1 N–H and O–H groups in total. The Balaban J connectivity index is 1.84. The third kappa shape index (κ3) is 3.21. The summed E-state index contributed by atoms with van der Waals surface area (Å²) in [5.41, 5.74) is 0. The second kappa shape index (κ2) is 6.17. The molecule has 0 saturated carbocycles. The van der Waals surface area contributed by atoms with Crippen LogP contribution in [0.3, 0.4) is 0 Å². The van der Waals surface area contributed by atoms with E-state index in [1.54, 1.807) is 0 Å². The zero-order valence-corrected chi connectivity index (χ0v) is 11.8. The zero-order valence-electron chi connectivity index (χ0n) is 11.8. The maximum absolute atomic E-state index is 3.55. The summed E-state index contributed by atoms with van der Waals surface area (Å²) in [6, 6.07) is 2.36. The molecular formula is C14H29N3. The lowest BCUT2D eigenvalue weighted by atomic mass is 9.99. The topological polar surface area (TPSA) is 18.5 Å². The van der Waals surface area contributed by atoms with Crippen LogP contribution in [0.25, 0.3) is 0 Å². The average Bonchev–Trinajstić information content (AvgIpc) is 2.80. The smallest absolute Gasteiger partial charge is 0.0235 e. The third-order valence-corrected chi connectivity index (χ3v) is 4.64. The molecule has 100 valence electrons. The molecule has 17 heavy (non-hydrogen) atoms. The van der Waals surface area contributed by atoms with Gasteiger partial charge >= 0.3 is 0 Å². The van der Waals surface area contributed by atoms with Gasteiger partial charge in [-0.05, 0) is 45.8 Å². The van der Waals surface area contributed by atoms with Crippen LogP contribution in [0.2, 0.25) is 0 Å². The number of likely N-dealkylation sites (tertiary alicyclic amines) is 1. The van der Waals surface area contributed by atoms with Gasteiger partial charge in [-0.15, -0.1) is 0 Å². The van der Waals surface area contributed by atoms with Crippen molar-refractivity contribution in [3.63, 3.8) is 0 Å².